The highest BCUT2D eigenvalue weighted by molar-refractivity contribution is 5.05. The summed E-state index contributed by atoms with van der Waals surface area (Å²) in [6.07, 6.45) is 4.14. The quantitative estimate of drug-likeness (QED) is 0.851. The van der Waals surface area contributed by atoms with E-state index in [9.17, 15) is 0 Å². The van der Waals surface area contributed by atoms with Crippen LogP contribution in [0.15, 0.2) is 4.42 Å². The lowest BCUT2D eigenvalue weighted by Gasteiger charge is -2.09. The minimum atomic E-state index is 0.763. The van der Waals surface area contributed by atoms with Gasteiger partial charge < -0.3 is 9.73 Å². The third-order valence-corrected chi connectivity index (χ3v) is 3.59. The van der Waals surface area contributed by atoms with Gasteiger partial charge in [-0.2, -0.15) is 0 Å². The molecule has 0 aromatic carbocycles. The van der Waals surface area contributed by atoms with Crippen molar-refractivity contribution in [1.29, 1.82) is 0 Å². The first-order valence-electron chi connectivity index (χ1n) is 6.28. The summed E-state index contributed by atoms with van der Waals surface area (Å²) in [5.41, 5.74) is 1.01. The van der Waals surface area contributed by atoms with E-state index in [0.717, 1.165) is 42.3 Å². The molecule has 1 fully saturated rings. The molecular weight excluding hydrogens is 200 g/mol. The maximum Gasteiger partial charge on any atom is 0.208 e. The number of rotatable bonds is 4. The van der Waals surface area contributed by atoms with Crippen molar-refractivity contribution < 1.29 is 4.42 Å². The SMILES string of the molecule is Cc1nc(CNCC2CCC(C)C2)oc1C. The molecule has 1 aromatic heterocycles. The van der Waals surface area contributed by atoms with Crippen LogP contribution in [0.3, 0.4) is 0 Å². The van der Waals surface area contributed by atoms with Gasteiger partial charge in [-0.05, 0) is 45.1 Å². The molecule has 2 rings (SSSR count). The summed E-state index contributed by atoms with van der Waals surface area (Å²) in [5.74, 6) is 3.53. The topological polar surface area (TPSA) is 38.1 Å². The molecule has 0 radical (unpaired) electrons. The first-order valence-corrected chi connectivity index (χ1v) is 6.28. The summed E-state index contributed by atoms with van der Waals surface area (Å²) in [5, 5.41) is 3.45. The van der Waals surface area contributed by atoms with Crippen LogP contribution in [0.1, 0.15) is 43.5 Å². The van der Waals surface area contributed by atoms with Crippen molar-refractivity contribution >= 4 is 0 Å². The number of hydrogen-bond donors (Lipinski definition) is 1. The highest BCUT2D eigenvalue weighted by Gasteiger charge is 2.20. The molecule has 0 aliphatic heterocycles. The highest BCUT2D eigenvalue weighted by atomic mass is 16.4. The molecule has 0 amide bonds. The van der Waals surface area contributed by atoms with Gasteiger partial charge in [0.1, 0.15) is 5.76 Å². The molecule has 2 atom stereocenters. The van der Waals surface area contributed by atoms with Gasteiger partial charge in [0.25, 0.3) is 0 Å². The fraction of sp³-hybridized carbons (Fsp3) is 0.769. The van der Waals surface area contributed by atoms with Crippen LogP contribution in [0, 0.1) is 25.7 Å². The van der Waals surface area contributed by atoms with Gasteiger partial charge in [-0.15, -0.1) is 0 Å². The summed E-state index contributed by atoms with van der Waals surface area (Å²) in [7, 11) is 0. The number of aromatic nitrogens is 1. The van der Waals surface area contributed by atoms with E-state index in [1.54, 1.807) is 0 Å². The van der Waals surface area contributed by atoms with Crippen molar-refractivity contribution in [3.63, 3.8) is 0 Å². The molecule has 0 saturated heterocycles. The summed E-state index contributed by atoms with van der Waals surface area (Å²) in [4.78, 5) is 4.36. The predicted molar refractivity (Wildman–Crippen MR) is 64.2 cm³/mol. The van der Waals surface area contributed by atoms with Crippen LogP contribution < -0.4 is 5.32 Å². The Labute approximate surface area is 97.6 Å². The molecule has 1 aliphatic carbocycles. The molecule has 90 valence electrons. The van der Waals surface area contributed by atoms with E-state index < -0.39 is 0 Å². The number of nitrogens with zero attached hydrogens (tertiary/aromatic N) is 1. The third-order valence-electron chi connectivity index (χ3n) is 3.59. The van der Waals surface area contributed by atoms with Crippen molar-refractivity contribution in [2.24, 2.45) is 11.8 Å². The number of nitrogens with one attached hydrogen (secondary N) is 1. The molecule has 1 saturated carbocycles. The number of oxazole rings is 1. The van der Waals surface area contributed by atoms with E-state index in [2.05, 4.69) is 17.2 Å². The summed E-state index contributed by atoms with van der Waals surface area (Å²) < 4.78 is 5.53. The molecule has 1 N–H and O–H groups in total. The van der Waals surface area contributed by atoms with Gasteiger partial charge in [0.2, 0.25) is 5.89 Å². The zero-order valence-corrected chi connectivity index (χ0v) is 10.5. The average Bonchev–Trinajstić information content (AvgIpc) is 2.75. The highest BCUT2D eigenvalue weighted by Crippen LogP contribution is 2.29. The van der Waals surface area contributed by atoms with Gasteiger partial charge in [0.05, 0.1) is 12.2 Å². The predicted octanol–water partition coefficient (Wildman–Crippen LogP) is 2.82. The van der Waals surface area contributed by atoms with E-state index in [0.29, 0.717) is 0 Å². The van der Waals surface area contributed by atoms with Crippen molar-refractivity contribution in [2.45, 2.75) is 46.6 Å². The summed E-state index contributed by atoms with van der Waals surface area (Å²) >= 11 is 0. The molecule has 16 heavy (non-hydrogen) atoms. The largest absolute Gasteiger partial charge is 0.444 e. The Morgan fingerprint density at radius 3 is 2.75 bits per heavy atom. The molecule has 0 bridgehead atoms. The zero-order valence-electron chi connectivity index (χ0n) is 10.5. The lowest BCUT2D eigenvalue weighted by molar-refractivity contribution is 0.418. The first-order chi connectivity index (χ1) is 7.65. The maximum atomic E-state index is 5.53. The Hall–Kier alpha value is -0.830. The monoisotopic (exact) mass is 222 g/mol. The van der Waals surface area contributed by atoms with Crippen LogP contribution in [0.5, 0.6) is 0 Å². The molecule has 1 heterocycles. The van der Waals surface area contributed by atoms with Gasteiger partial charge in [0.15, 0.2) is 0 Å². The van der Waals surface area contributed by atoms with Crippen LogP contribution in [-0.4, -0.2) is 11.5 Å². The van der Waals surface area contributed by atoms with Gasteiger partial charge in [-0.25, -0.2) is 4.98 Å². The van der Waals surface area contributed by atoms with E-state index >= 15 is 0 Å². The van der Waals surface area contributed by atoms with Gasteiger partial charge in [-0.1, -0.05) is 13.3 Å². The fourth-order valence-corrected chi connectivity index (χ4v) is 2.51. The van der Waals surface area contributed by atoms with E-state index in [1.165, 1.54) is 19.3 Å². The van der Waals surface area contributed by atoms with Crippen molar-refractivity contribution in [3.05, 3.63) is 17.3 Å². The molecule has 3 heteroatoms. The van der Waals surface area contributed by atoms with Crippen LogP contribution in [0.4, 0.5) is 0 Å². The molecule has 3 nitrogen and oxygen atoms in total. The lowest BCUT2D eigenvalue weighted by atomic mass is 10.1. The van der Waals surface area contributed by atoms with Crippen molar-refractivity contribution in [3.8, 4) is 0 Å². The van der Waals surface area contributed by atoms with Crippen LogP contribution >= 0.6 is 0 Å². The summed E-state index contributed by atoms with van der Waals surface area (Å²) in [6, 6.07) is 0. The smallest absolute Gasteiger partial charge is 0.208 e. The second-order valence-corrected chi connectivity index (χ2v) is 5.16. The molecule has 0 spiro atoms. The first kappa shape index (κ1) is 11.6. The lowest BCUT2D eigenvalue weighted by Crippen LogP contribution is -2.21. The van der Waals surface area contributed by atoms with E-state index in [1.807, 2.05) is 13.8 Å². The van der Waals surface area contributed by atoms with Gasteiger partial charge in [-0.3, -0.25) is 0 Å². The van der Waals surface area contributed by atoms with Crippen LogP contribution in [0.2, 0.25) is 0 Å². The molecule has 1 aromatic rings. The van der Waals surface area contributed by atoms with E-state index in [4.69, 9.17) is 4.42 Å². The Bertz CT molecular complexity index is 326. The average molecular weight is 222 g/mol. The molecule has 1 aliphatic rings. The Morgan fingerprint density at radius 1 is 1.38 bits per heavy atom. The zero-order chi connectivity index (χ0) is 11.5. The minimum absolute atomic E-state index is 0.763. The normalized spacial score (nSPS) is 25.2. The molecular formula is C13H22N2O. The Morgan fingerprint density at radius 2 is 2.19 bits per heavy atom. The third kappa shape index (κ3) is 2.85. The van der Waals surface area contributed by atoms with Gasteiger partial charge in [0, 0.05) is 0 Å². The van der Waals surface area contributed by atoms with Crippen molar-refractivity contribution in [2.75, 3.05) is 6.54 Å². The second-order valence-electron chi connectivity index (χ2n) is 5.16. The number of aryl methyl sites for hydroxylation is 2. The van der Waals surface area contributed by atoms with E-state index in [-0.39, 0.29) is 0 Å². The molecule has 2 unspecified atom stereocenters. The second kappa shape index (κ2) is 5.00. The summed E-state index contributed by atoms with van der Waals surface area (Å²) in [6.45, 7) is 8.16. The van der Waals surface area contributed by atoms with Gasteiger partial charge >= 0.3 is 0 Å². The van der Waals surface area contributed by atoms with Crippen LogP contribution in [-0.2, 0) is 6.54 Å². The minimum Gasteiger partial charge on any atom is -0.444 e. The maximum absolute atomic E-state index is 5.53. The fourth-order valence-electron chi connectivity index (χ4n) is 2.51. The Balaban J connectivity index is 1.72. The van der Waals surface area contributed by atoms with Crippen molar-refractivity contribution in [1.82, 2.24) is 10.3 Å². The number of hydrogen-bond acceptors (Lipinski definition) is 3. The standard InChI is InChI=1S/C13H22N2O/c1-9-4-5-12(6-9)7-14-8-13-15-10(2)11(3)16-13/h9,12,14H,4-8H2,1-3H3. The van der Waals surface area contributed by atoms with Crippen LogP contribution in [0.25, 0.3) is 0 Å². The Kier molecular flexibility index (Phi) is 3.64.